The number of carbonyl (C=O) groups is 1. The topological polar surface area (TPSA) is 29.1 Å². The predicted octanol–water partition coefficient (Wildman–Crippen LogP) is 4.80. The fourth-order valence-electron chi connectivity index (χ4n) is 1.66. The van der Waals surface area contributed by atoms with E-state index in [1.807, 2.05) is 0 Å². The minimum atomic E-state index is -0.368. The highest BCUT2D eigenvalue weighted by Gasteiger charge is 2.11. The lowest BCUT2D eigenvalue weighted by molar-refractivity contribution is 0.102. The van der Waals surface area contributed by atoms with Gasteiger partial charge in [0.05, 0.1) is 5.69 Å². The molecule has 0 bridgehead atoms. The van der Waals surface area contributed by atoms with Gasteiger partial charge in [-0.2, -0.15) is 0 Å². The average Bonchev–Trinajstić information content (AvgIpc) is 2.32. The number of anilines is 1. The fourth-order valence-corrected chi connectivity index (χ4v) is 2.34. The average molecular weight is 343 g/mol. The summed E-state index contributed by atoms with van der Waals surface area (Å²) >= 11 is 9.05. The molecule has 0 spiro atoms. The van der Waals surface area contributed by atoms with Gasteiger partial charge in [0, 0.05) is 15.1 Å². The maximum Gasteiger partial charge on any atom is 0.255 e. The van der Waals surface area contributed by atoms with Gasteiger partial charge in [-0.3, -0.25) is 4.79 Å². The summed E-state index contributed by atoms with van der Waals surface area (Å²) in [4.78, 5) is 12.1. The summed E-state index contributed by atoms with van der Waals surface area (Å²) in [5.41, 5.74) is 1.82. The van der Waals surface area contributed by atoms with Gasteiger partial charge in [0.15, 0.2) is 0 Å². The molecule has 0 aliphatic rings. The van der Waals surface area contributed by atoms with E-state index in [9.17, 15) is 9.18 Å². The van der Waals surface area contributed by atoms with E-state index in [-0.39, 0.29) is 11.7 Å². The van der Waals surface area contributed by atoms with Crippen LogP contribution in [0.5, 0.6) is 0 Å². The summed E-state index contributed by atoms with van der Waals surface area (Å²) in [7, 11) is 0. The van der Waals surface area contributed by atoms with Gasteiger partial charge in [0.1, 0.15) is 5.82 Å². The van der Waals surface area contributed by atoms with Crippen molar-refractivity contribution in [2.24, 2.45) is 0 Å². The molecule has 19 heavy (non-hydrogen) atoms. The molecule has 1 N–H and O–H groups in total. The molecule has 2 rings (SSSR count). The van der Waals surface area contributed by atoms with Crippen molar-refractivity contribution in [3.05, 3.63) is 62.8 Å². The Morgan fingerprint density at radius 1 is 1.26 bits per heavy atom. The first-order valence-electron chi connectivity index (χ1n) is 5.50. The number of benzene rings is 2. The second-order valence-electron chi connectivity index (χ2n) is 4.04. The second kappa shape index (κ2) is 5.72. The van der Waals surface area contributed by atoms with Crippen LogP contribution in [0, 0.1) is 12.7 Å². The van der Waals surface area contributed by atoms with Crippen LogP contribution in [0.25, 0.3) is 0 Å². The molecule has 0 saturated carbocycles. The summed E-state index contributed by atoms with van der Waals surface area (Å²) < 4.78 is 13.5. The zero-order valence-electron chi connectivity index (χ0n) is 10.0. The first-order valence-corrected chi connectivity index (χ1v) is 6.67. The Balaban J connectivity index is 2.25. The maximum atomic E-state index is 13.0. The van der Waals surface area contributed by atoms with Gasteiger partial charge in [-0.25, -0.2) is 4.39 Å². The Labute approximate surface area is 123 Å². The summed E-state index contributed by atoms with van der Waals surface area (Å²) in [6.07, 6.45) is 0. The molecule has 0 radical (unpaired) electrons. The van der Waals surface area contributed by atoms with E-state index in [4.69, 9.17) is 11.6 Å². The highest BCUT2D eigenvalue weighted by atomic mass is 79.9. The number of aryl methyl sites for hydroxylation is 1. The summed E-state index contributed by atoms with van der Waals surface area (Å²) in [5.74, 6) is -0.631. The van der Waals surface area contributed by atoms with Gasteiger partial charge in [-0.15, -0.1) is 0 Å². The van der Waals surface area contributed by atoms with Gasteiger partial charge in [-0.05, 0) is 64.8 Å². The molecule has 2 aromatic carbocycles. The van der Waals surface area contributed by atoms with Gasteiger partial charge in [-0.1, -0.05) is 11.6 Å². The van der Waals surface area contributed by atoms with Crippen LogP contribution in [0.1, 0.15) is 15.9 Å². The maximum absolute atomic E-state index is 13.0. The van der Waals surface area contributed by atoms with Crippen molar-refractivity contribution in [1.29, 1.82) is 0 Å². The zero-order valence-corrected chi connectivity index (χ0v) is 12.3. The fraction of sp³-hybridized carbons (Fsp3) is 0.0714. The minimum absolute atomic E-state index is 0.263. The molecule has 0 fully saturated rings. The minimum Gasteiger partial charge on any atom is -0.321 e. The van der Waals surface area contributed by atoms with E-state index in [1.54, 1.807) is 25.1 Å². The van der Waals surface area contributed by atoms with Crippen molar-refractivity contribution in [3.63, 3.8) is 0 Å². The highest BCUT2D eigenvalue weighted by Crippen LogP contribution is 2.24. The summed E-state index contributed by atoms with van der Waals surface area (Å²) in [5, 5.41) is 3.30. The number of amides is 1. The predicted molar refractivity (Wildman–Crippen MR) is 78.2 cm³/mol. The van der Waals surface area contributed by atoms with Gasteiger partial charge < -0.3 is 5.32 Å². The molecule has 0 saturated heterocycles. The third-order valence-corrected chi connectivity index (χ3v) is 3.50. The van der Waals surface area contributed by atoms with Crippen molar-refractivity contribution in [2.75, 3.05) is 5.32 Å². The van der Waals surface area contributed by atoms with E-state index in [2.05, 4.69) is 21.2 Å². The van der Waals surface area contributed by atoms with Crippen LogP contribution in [0.4, 0.5) is 10.1 Å². The lowest BCUT2D eigenvalue weighted by Gasteiger charge is -2.09. The molecule has 98 valence electrons. The van der Waals surface area contributed by atoms with Crippen molar-refractivity contribution < 1.29 is 9.18 Å². The van der Waals surface area contributed by atoms with E-state index in [0.717, 1.165) is 5.56 Å². The lowest BCUT2D eigenvalue weighted by atomic mass is 10.1. The van der Waals surface area contributed by atoms with Crippen molar-refractivity contribution in [1.82, 2.24) is 0 Å². The van der Waals surface area contributed by atoms with Crippen LogP contribution in [0.2, 0.25) is 5.02 Å². The lowest BCUT2D eigenvalue weighted by Crippen LogP contribution is -2.13. The summed E-state index contributed by atoms with van der Waals surface area (Å²) in [6.45, 7) is 1.81. The first kappa shape index (κ1) is 14.0. The number of hydrogen-bond donors (Lipinski definition) is 1. The molecule has 0 heterocycles. The molecule has 1 amide bonds. The standard InChI is InChI=1S/C14H10BrClFNO/c1-8-6-9(16)2-4-11(8)14(19)18-13-5-3-10(17)7-12(13)15/h2-7H,1H3,(H,18,19). The third-order valence-electron chi connectivity index (χ3n) is 2.61. The Kier molecular flexibility index (Phi) is 4.22. The number of nitrogens with one attached hydrogen (secondary N) is 1. The van der Waals surface area contributed by atoms with Gasteiger partial charge >= 0.3 is 0 Å². The van der Waals surface area contributed by atoms with Crippen molar-refractivity contribution >= 4 is 39.1 Å². The number of rotatable bonds is 2. The van der Waals surface area contributed by atoms with Crippen LogP contribution >= 0.6 is 27.5 Å². The van der Waals surface area contributed by atoms with Crippen LogP contribution in [0.15, 0.2) is 40.9 Å². The van der Waals surface area contributed by atoms with Crippen molar-refractivity contribution in [3.8, 4) is 0 Å². The van der Waals surface area contributed by atoms with Crippen molar-refractivity contribution in [2.45, 2.75) is 6.92 Å². The normalized spacial score (nSPS) is 10.3. The third kappa shape index (κ3) is 3.33. The van der Waals surface area contributed by atoms with Gasteiger partial charge in [0.25, 0.3) is 5.91 Å². The molecule has 0 aliphatic carbocycles. The molecule has 0 aliphatic heterocycles. The van der Waals surface area contributed by atoms with E-state index in [1.165, 1.54) is 18.2 Å². The van der Waals surface area contributed by atoms with Gasteiger partial charge in [0.2, 0.25) is 0 Å². The van der Waals surface area contributed by atoms with E-state index < -0.39 is 0 Å². The number of halogens is 3. The molecule has 0 aromatic heterocycles. The van der Waals surface area contributed by atoms with Crippen LogP contribution < -0.4 is 5.32 Å². The Morgan fingerprint density at radius 3 is 2.63 bits per heavy atom. The highest BCUT2D eigenvalue weighted by molar-refractivity contribution is 9.10. The smallest absolute Gasteiger partial charge is 0.255 e. The van der Waals surface area contributed by atoms with Crippen LogP contribution in [0.3, 0.4) is 0 Å². The molecule has 5 heteroatoms. The monoisotopic (exact) mass is 341 g/mol. The van der Waals surface area contributed by atoms with E-state index in [0.29, 0.717) is 20.7 Å². The number of hydrogen-bond acceptors (Lipinski definition) is 1. The van der Waals surface area contributed by atoms with Crippen LogP contribution in [-0.4, -0.2) is 5.91 Å². The number of carbonyl (C=O) groups excluding carboxylic acids is 1. The summed E-state index contributed by atoms with van der Waals surface area (Å²) in [6, 6.07) is 9.12. The molecule has 2 aromatic rings. The first-order chi connectivity index (χ1) is 8.97. The Bertz CT molecular complexity index is 645. The SMILES string of the molecule is Cc1cc(Cl)ccc1C(=O)Nc1ccc(F)cc1Br. The largest absolute Gasteiger partial charge is 0.321 e. The van der Waals surface area contributed by atoms with E-state index >= 15 is 0 Å². The Morgan fingerprint density at radius 2 is 2.00 bits per heavy atom. The molecule has 0 unspecified atom stereocenters. The molecule has 0 atom stereocenters. The molecule has 2 nitrogen and oxygen atoms in total. The quantitative estimate of drug-likeness (QED) is 0.834. The van der Waals surface area contributed by atoms with Crippen LogP contribution in [-0.2, 0) is 0 Å². The second-order valence-corrected chi connectivity index (χ2v) is 5.33. The molecular weight excluding hydrogens is 333 g/mol. The Hall–Kier alpha value is -1.39. The zero-order chi connectivity index (χ0) is 14.0. The molecular formula is C14H10BrClFNO.